The van der Waals surface area contributed by atoms with Gasteiger partial charge in [-0.2, -0.15) is 5.10 Å². The Bertz CT molecular complexity index is 963. The van der Waals surface area contributed by atoms with Crippen molar-refractivity contribution in [3.8, 4) is 5.75 Å². The Kier molecular flexibility index (Phi) is 6.49. The van der Waals surface area contributed by atoms with E-state index in [0.717, 1.165) is 36.3 Å². The van der Waals surface area contributed by atoms with Crippen LogP contribution < -0.4 is 15.1 Å². The Morgan fingerprint density at radius 1 is 1.16 bits per heavy atom. The lowest BCUT2D eigenvalue weighted by Crippen LogP contribution is -2.48. The van der Waals surface area contributed by atoms with Crippen LogP contribution in [-0.4, -0.2) is 36.0 Å². The highest BCUT2D eigenvalue weighted by Gasteiger charge is 2.40. The molecule has 1 saturated carbocycles. The summed E-state index contributed by atoms with van der Waals surface area (Å²) in [5, 5.41) is 20.4. The zero-order chi connectivity index (χ0) is 22.0. The van der Waals surface area contributed by atoms with Crippen LogP contribution in [0.25, 0.3) is 0 Å². The molecule has 4 atom stereocenters. The van der Waals surface area contributed by atoms with Crippen molar-refractivity contribution in [2.24, 2.45) is 11.0 Å². The Morgan fingerprint density at radius 3 is 2.55 bits per heavy atom. The fraction of sp³-hybridized carbons (Fsp3) is 0.417. The second-order valence-electron chi connectivity index (χ2n) is 8.22. The summed E-state index contributed by atoms with van der Waals surface area (Å²) < 4.78 is 5.29. The molecule has 0 radical (unpaired) electrons. The van der Waals surface area contributed by atoms with Crippen molar-refractivity contribution < 1.29 is 14.6 Å². The van der Waals surface area contributed by atoms with Gasteiger partial charge in [0.05, 0.1) is 36.0 Å². The van der Waals surface area contributed by atoms with Crippen LogP contribution in [0.3, 0.4) is 0 Å². The number of nitrogens with zero attached hydrogens (tertiary/aromatic N) is 2. The number of carbonyl (C=O) groups excluding carboxylic acids is 1. The van der Waals surface area contributed by atoms with E-state index in [9.17, 15) is 9.90 Å². The van der Waals surface area contributed by atoms with Crippen molar-refractivity contribution in [1.29, 1.82) is 0 Å². The monoisotopic (exact) mass is 441 g/mol. The highest BCUT2D eigenvalue weighted by atomic mass is 35.5. The summed E-state index contributed by atoms with van der Waals surface area (Å²) in [6.45, 7) is 2.00. The second kappa shape index (κ2) is 9.28. The van der Waals surface area contributed by atoms with E-state index in [1.807, 2.05) is 60.5 Å². The van der Waals surface area contributed by atoms with Crippen LogP contribution in [-0.2, 0) is 4.79 Å². The first-order chi connectivity index (χ1) is 15.0. The number of ether oxygens (including phenoxy) is 1. The quantitative estimate of drug-likeness (QED) is 0.724. The molecule has 0 spiro atoms. The van der Waals surface area contributed by atoms with E-state index in [4.69, 9.17) is 21.4 Å². The minimum Gasteiger partial charge on any atom is -0.497 e. The topological polar surface area (TPSA) is 74.2 Å². The van der Waals surface area contributed by atoms with E-state index in [0.29, 0.717) is 17.2 Å². The van der Waals surface area contributed by atoms with Gasteiger partial charge in [0.2, 0.25) is 0 Å². The lowest BCUT2D eigenvalue weighted by molar-refractivity contribution is -0.116. The average Bonchev–Trinajstić information content (AvgIpc) is 3.12. The Labute approximate surface area is 187 Å². The number of methoxy groups -OCH3 is 1. The molecule has 2 aromatic rings. The zero-order valence-corrected chi connectivity index (χ0v) is 18.5. The molecule has 7 heteroatoms. The number of benzene rings is 2. The number of nitrogens with one attached hydrogen (secondary N) is 1. The van der Waals surface area contributed by atoms with Crippen LogP contribution in [0.5, 0.6) is 5.75 Å². The van der Waals surface area contributed by atoms with Crippen LogP contribution in [0.4, 0.5) is 5.69 Å². The summed E-state index contributed by atoms with van der Waals surface area (Å²) in [5.41, 5.74) is 2.20. The normalized spacial score (nSPS) is 25.8. The van der Waals surface area contributed by atoms with Crippen molar-refractivity contribution in [3.05, 3.63) is 59.1 Å². The van der Waals surface area contributed by atoms with Crippen LogP contribution in [0, 0.1) is 5.92 Å². The minimum atomic E-state index is -0.507. The third kappa shape index (κ3) is 4.41. The van der Waals surface area contributed by atoms with E-state index in [-0.39, 0.29) is 23.9 Å². The fourth-order valence-electron chi connectivity index (χ4n) is 4.48. The molecule has 2 aromatic carbocycles. The molecular weight excluding hydrogens is 414 g/mol. The molecule has 6 nitrogen and oxygen atoms in total. The van der Waals surface area contributed by atoms with Crippen molar-refractivity contribution in [1.82, 2.24) is 5.32 Å². The number of rotatable bonds is 5. The first-order valence-electron chi connectivity index (χ1n) is 10.7. The Balaban J connectivity index is 1.66. The van der Waals surface area contributed by atoms with Crippen LogP contribution in [0.15, 0.2) is 53.6 Å². The molecule has 31 heavy (non-hydrogen) atoms. The van der Waals surface area contributed by atoms with Gasteiger partial charge >= 0.3 is 0 Å². The molecule has 1 aliphatic carbocycles. The number of anilines is 1. The van der Waals surface area contributed by atoms with Gasteiger partial charge in [-0.25, -0.2) is 0 Å². The molecule has 1 heterocycles. The minimum absolute atomic E-state index is 0.176. The van der Waals surface area contributed by atoms with Crippen LogP contribution in [0.2, 0.25) is 5.02 Å². The number of aliphatic hydroxyl groups excluding tert-OH is 1. The highest BCUT2D eigenvalue weighted by Crippen LogP contribution is 2.42. The molecule has 4 rings (SSSR count). The standard InChI is InChI=1S/C24H28ClN3O3/c1-15-22(24(30)26-19-8-4-6-10-21(19)29)27-28(20-9-5-3-7-18(20)25)23(15)16-11-13-17(31-2)14-12-16/h3,5,7,9,11-15,19,21,23,29H,4,6,8,10H2,1-2H3,(H,26,30)/t15?,19-,21-,23?/m0/s1. The summed E-state index contributed by atoms with van der Waals surface area (Å²) in [7, 11) is 1.63. The SMILES string of the molecule is COc1ccc(C2C(C)C(C(=O)N[C@H]3CCCC[C@@H]3O)=NN2c2ccccc2Cl)cc1. The Hall–Kier alpha value is -2.57. The molecule has 0 bridgehead atoms. The zero-order valence-electron chi connectivity index (χ0n) is 17.8. The van der Waals surface area contributed by atoms with Gasteiger partial charge in [0, 0.05) is 5.92 Å². The Morgan fingerprint density at radius 2 is 1.87 bits per heavy atom. The van der Waals surface area contributed by atoms with Crippen molar-refractivity contribution in [3.63, 3.8) is 0 Å². The number of hydrogen-bond acceptors (Lipinski definition) is 5. The van der Waals surface area contributed by atoms with E-state index in [1.165, 1.54) is 0 Å². The van der Waals surface area contributed by atoms with E-state index in [2.05, 4.69) is 5.32 Å². The second-order valence-corrected chi connectivity index (χ2v) is 8.63. The first-order valence-corrected chi connectivity index (χ1v) is 11.1. The van der Waals surface area contributed by atoms with E-state index >= 15 is 0 Å². The van der Waals surface area contributed by atoms with Crippen molar-refractivity contribution in [2.45, 2.75) is 50.8 Å². The number of hydrazone groups is 1. The lowest BCUT2D eigenvalue weighted by atomic mass is 9.89. The molecule has 0 aromatic heterocycles. The summed E-state index contributed by atoms with van der Waals surface area (Å²) in [6.07, 6.45) is 2.99. The maximum atomic E-state index is 13.2. The van der Waals surface area contributed by atoms with Gasteiger partial charge in [-0.05, 0) is 42.7 Å². The lowest BCUT2D eigenvalue weighted by Gasteiger charge is -2.29. The number of amides is 1. The molecule has 164 valence electrons. The fourth-order valence-corrected chi connectivity index (χ4v) is 4.70. The molecular formula is C24H28ClN3O3. The molecule has 2 unspecified atom stereocenters. The van der Waals surface area contributed by atoms with E-state index < -0.39 is 6.10 Å². The summed E-state index contributed by atoms with van der Waals surface area (Å²) in [4.78, 5) is 13.2. The predicted octanol–water partition coefficient (Wildman–Crippen LogP) is 4.32. The number of para-hydroxylation sites is 1. The summed E-state index contributed by atoms with van der Waals surface area (Å²) in [5.74, 6) is 0.362. The highest BCUT2D eigenvalue weighted by molar-refractivity contribution is 6.41. The van der Waals surface area contributed by atoms with Crippen molar-refractivity contribution >= 4 is 28.9 Å². The predicted molar refractivity (Wildman–Crippen MR) is 123 cm³/mol. The van der Waals surface area contributed by atoms with Crippen molar-refractivity contribution in [2.75, 3.05) is 12.1 Å². The third-order valence-electron chi connectivity index (χ3n) is 6.22. The van der Waals surface area contributed by atoms with E-state index in [1.54, 1.807) is 7.11 Å². The smallest absolute Gasteiger partial charge is 0.268 e. The maximum Gasteiger partial charge on any atom is 0.268 e. The molecule has 0 saturated heterocycles. The van der Waals surface area contributed by atoms with Gasteiger partial charge in [0.25, 0.3) is 5.91 Å². The summed E-state index contributed by atoms with van der Waals surface area (Å²) >= 11 is 6.49. The molecule has 1 aliphatic heterocycles. The van der Waals surface area contributed by atoms with Gasteiger partial charge in [-0.15, -0.1) is 0 Å². The molecule has 2 N–H and O–H groups in total. The molecule has 1 fully saturated rings. The average molecular weight is 442 g/mol. The molecule has 2 aliphatic rings. The molecule has 1 amide bonds. The number of carbonyl (C=O) groups is 1. The largest absolute Gasteiger partial charge is 0.497 e. The number of halogens is 1. The summed E-state index contributed by atoms with van der Waals surface area (Å²) in [6, 6.07) is 14.9. The third-order valence-corrected chi connectivity index (χ3v) is 6.54. The van der Waals surface area contributed by atoms with Gasteiger partial charge < -0.3 is 15.2 Å². The van der Waals surface area contributed by atoms with Gasteiger partial charge in [0.15, 0.2) is 0 Å². The van der Waals surface area contributed by atoms with Crippen LogP contribution in [0.1, 0.15) is 44.2 Å². The maximum absolute atomic E-state index is 13.2. The van der Waals surface area contributed by atoms with Gasteiger partial charge in [0.1, 0.15) is 11.5 Å². The number of hydrogen-bond donors (Lipinski definition) is 2. The number of aliphatic hydroxyl groups is 1. The van der Waals surface area contributed by atoms with Gasteiger partial charge in [-0.3, -0.25) is 9.80 Å². The first kappa shape index (κ1) is 21.7. The van der Waals surface area contributed by atoms with Gasteiger partial charge in [-0.1, -0.05) is 55.6 Å². The van der Waals surface area contributed by atoms with Crippen LogP contribution >= 0.6 is 11.6 Å².